The highest BCUT2D eigenvalue weighted by Crippen LogP contribution is 2.48. The van der Waals surface area contributed by atoms with Crippen molar-refractivity contribution in [3.63, 3.8) is 0 Å². The van der Waals surface area contributed by atoms with Crippen molar-refractivity contribution in [3.05, 3.63) is 23.0 Å². The molecule has 0 aromatic carbocycles. The monoisotopic (exact) mass is 278 g/mol. The van der Waals surface area contributed by atoms with Gasteiger partial charge in [0.15, 0.2) is 0 Å². The number of aromatic nitrogens is 1. The van der Waals surface area contributed by atoms with Crippen LogP contribution in [0.1, 0.15) is 36.1 Å². The summed E-state index contributed by atoms with van der Waals surface area (Å²) in [5.74, 6) is 0.956. The molecule has 0 bridgehead atoms. The van der Waals surface area contributed by atoms with Gasteiger partial charge in [0.2, 0.25) is 0 Å². The van der Waals surface area contributed by atoms with Gasteiger partial charge in [-0.25, -0.2) is 0 Å². The normalized spacial score (nSPS) is 16.2. The third kappa shape index (κ3) is 3.49. The number of hydrogen-bond acceptors (Lipinski definition) is 4. The molecule has 1 fully saturated rings. The zero-order valence-electron chi connectivity index (χ0n) is 13.1. The van der Waals surface area contributed by atoms with Crippen LogP contribution in [-0.4, -0.2) is 32.4 Å². The Kier molecular flexibility index (Phi) is 5.00. The first-order valence-electron chi connectivity index (χ1n) is 7.30. The van der Waals surface area contributed by atoms with Gasteiger partial charge in [-0.2, -0.15) is 0 Å². The summed E-state index contributed by atoms with van der Waals surface area (Å²) in [6.07, 6.45) is 5.67. The van der Waals surface area contributed by atoms with Crippen LogP contribution in [0.15, 0.2) is 6.20 Å². The maximum absolute atomic E-state index is 5.44. The highest BCUT2D eigenvalue weighted by atomic mass is 16.5. The molecule has 0 aliphatic heterocycles. The highest BCUT2D eigenvalue weighted by molar-refractivity contribution is 5.40. The number of aryl methyl sites for hydroxylation is 1. The molecule has 1 saturated carbocycles. The summed E-state index contributed by atoms with van der Waals surface area (Å²) in [6.45, 7) is 6.82. The van der Waals surface area contributed by atoms with Crippen molar-refractivity contribution in [2.24, 2.45) is 5.41 Å². The van der Waals surface area contributed by atoms with E-state index in [0.717, 1.165) is 48.7 Å². The Bertz CT molecular complexity index is 456. The van der Waals surface area contributed by atoms with E-state index in [2.05, 4.69) is 17.2 Å². The molecule has 0 atom stereocenters. The van der Waals surface area contributed by atoms with Gasteiger partial charge in [-0.1, -0.05) is 0 Å². The van der Waals surface area contributed by atoms with E-state index in [1.807, 2.05) is 13.1 Å². The molecule has 1 aromatic rings. The molecule has 4 nitrogen and oxygen atoms in total. The summed E-state index contributed by atoms with van der Waals surface area (Å²) in [5, 5.41) is 3.55. The number of hydrogen-bond donors (Lipinski definition) is 1. The van der Waals surface area contributed by atoms with E-state index in [1.54, 1.807) is 14.2 Å². The SMILES string of the molecule is COCCC1(CNCc2ncc(C)c(OC)c2C)CC1. The smallest absolute Gasteiger partial charge is 0.128 e. The molecular weight excluding hydrogens is 252 g/mol. The van der Waals surface area contributed by atoms with Crippen molar-refractivity contribution in [2.75, 3.05) is 27.4 Å². The molecule has 20 heavy (non-hydrogen) atoms. The van der Waals surface area contributed by atoms with E-state index in [1.165, 1.54) is 12.8 Å². The number of rotatable bonds is 8. The first-order valence-corrected chi connectivity index (χ1v) is 7.30. The van der Waals surface area contributed by atoms with Gasteiger partial charge < -0.3 is 14.8 Å². The quantitative estimate of drug-likeness (QED) is 0.794. The van der Waals surface area contributed by atoms with Crippen molar-refractivity contribution >= 4 is 0 Å². The average Bonchev–Trinajstić information content (AvgIpc) is 3.20. The predicted molar refractivity (Wildman–Crippen MR) is 80.1 cm³/mol. The number of pyridine rings is 1. The van der Waals surface area contributed by atoms with Crippen molar-refractivity contribution in [1.29, 1.82) is 0 Å². The third-order valence-corrected chi connectivity index (χ3v) is 4.34. The molecule has 0 unspecified atom stereocenters. The summed E-state index contributed by atoms with van der Waals surface area (Å²) < 4.78 is 10.6. The lowest BCUT2D eigenvalue weighted by molar-refractivity contribution is 0.171. The number of nitrogens with one attached hydrogen (secondary N) is 1. The number of nitrogens with zero attached hydrogens (tertiary/aromatic N) is 1. The van der Waals surface area contributed by atoms with E-state index in [9.17, 15) is 0 Å². The zero-order chi connectivity index (χ0) is 14.6. The maximum Gasteiger partial charge on any atom is 0.128 e. The molecule has 112 valence electrons. The second-order valence-corrected chi connectivity index (χ2v) is 5.89. The summed E-state index contributed by atoms with van der Waals surface area (Å²) in [7, 11) is 3.49. The van der Waals surface area contributed by atoms with Crippen LogP contribution in [-0.2, 0) is 11.3 Å². The van der Waals surface area contributed by atoms with Crippen LogP contribution >= 0.6 is 0 Å². The minimum Gasteiger partial charge on any atom is -0.496 e. The van der Waals surface area contributed by atoms with Gasteiger partial charge in [-0.15, -0.1) is 0 Å². The van der Waals surface area contributed by atoms with Crippen molar-refractivity contribution in [2.45, 2.75) is 39.7 Å². The molecule has 1 heterocycles. The Morgan fingerprint density at radius 2 is 2.05 bits per heavy atom. The van der Waals surface area contributed by atoms with Crippen molar-refractivity contribution in [3.8, 4) is 5.75 Å². The fraction of sp³-hybridized carbons (Fsp3) is 0.688. The van der Waals surface area contributed by atoms with Crippen LogP contribution in [0.2, 0.25) is 0 Å². The van der Waals surface area contributed by atoms with Crippen LogP contribution in [0.5, 0.6) is 5.75 Å². The van der Waals surface area contributed by atoms with E-state index < -0.39 is 0 Å². The Balaban J connectivity index is 1.89. The standard InChI is InChI=1S/C16H26N2O2/c1-12-9-18-14(13(2)15(12)20-4)10-17-11-16(5-6-16)7-8-19-3/h9,17H,5-8,10-11H2,1-4H3. The molecule has 4 heteroatoms. The Hall–Kier alpha value is -1.13. The fourth-order valence-electron chi connectivity index (χ4n) is 2.71. The highest BCUT2D eigenvalue weighted by Gasteiger charge is 2.41. The van der Waals surface area contributed by atoms with Crippen molar-refractivity contribution in [1.82, 2.24) is 10.3 Å². The molecule has 2 rings (SSSR count). The van der Waals surface area contributed by atoms with Gasteiger partial charge in [0.25, 0.3) is 0 Å². The largest absolute Gasteiger partial charge is 0.496 e. The van der Waals surface area contributed by atoms with E-state index in [0.29, 0.717) is 5.41 Å². The average molecular weight is 278 g/mol. The molecule has 0 radical (unpaired) electrons. The molecule has 0 amide bonds. The predicted octanol–water partition coefficient (Wildman–Crippen LogP) is 2.61. The van der Waals surface area contributed by atoms with Gasteiger partial charge >= 0.3 is 0 Å². The van der Waals surface area contributed by atoms with E-state index in [4.69, 9.17) is 9.47 Å². The summed E-state index contributed by atoms with van der Waals surface area (Å²) in [6, 6.07) is 0. The Labute approximate surface area is 121 Å². The lowest BCUT2D eigenvalue weighted by Gasteiger charge is -2.17. The van der Waals surface area contributed by atoms with E-state index >= 15 is 0 Å². The second-order valence-electron chi connectivity index (χ2n) is 5.89. The first kappa shape index (κ1) is 15.3. The van der Waals surface area contributed by atoms with Gasteiger partial charge in [0.1, 0.15) is 5.75 Å². The van der Waals surface area contributed by atoms with Crippen LogP contribution in [0.3, 0.4) is 0 Å². The molecule has 1 aliphatic carbocycles. The molecule has 1 aliphatic rings. The maximum atomic E-state index is 5.44. The van der Waals surface area contributed by atoms with Crippen LogP contribution in [0.25, 0.3) is 0 Å². The first-order chi connectivity index (χ1) is 9.62. The van der Waals surface area contributed by atoms with Crippen molar-refractivity contribution < 1.29 is 9.47 Å². The van der Waals surface area contributed by atoms with Crippen LogP contribution in [0.4, 0.5) is 0 Å². The fourth-order valence-corrected chi connectivity index (χ4v) is 2.71. The van der Waals surface area contributed by atoms with Gasteiger partial charge in [-0.05, 0) is 38.5 Å². The van der Waals surface area contributed by atoms with E-state index in [-0.39, 0.29) is 0 Å². The Morgan fingerprint density at radius 3 is 2.65 bits per heavy atom. The molecule has 0 spiro atoms. The van der Waals surface area contributed by atoms with Gasteiger partial charge in [0, 0.05) is 44.1 Å². The summed E-state index contributed by atoms with van der Waals surface area (Å²) >= 11 is 0. The summed E-state index contributed by atoms with van der Waals surface area (Å²) in [4.78, 5) is 4.52. The summed E-state index contributed by atoms with van der Waals surface area (Å²) in [5.41, 5.74) is 3.78. The minimum atomic E-state index is 0.471. The number of ether oxygens (including phenoxy) is 2. The third-order valence-electron chi connectivity index (χ3n) is 4.34. The molecule has 0 saturated heterocycles. The lowest BCUT2D eigenvalue weighted by atomic mass is 10.0. The lowest BCUT2D eigenvalue weighted by Crippen LogP contribution is -2.25. The molecular formula is C16H26N2O2. The number of methoxy groups -OCH3 is 2. The zero-order valence-corrected chi connectivity index (χ0v) is 13.1. The Morgan fingerprint density at radius 1 is 1.30 bits per heavy atom. The van der Waals surface area contributed by atoms with Crippen LogP contribution in [0, 0.1) is 19.3 Å². The van der Waals surface area contributed by atoms with Gasteiger partial charge in [-0.3, -0.25) is 4.98 Å². The second kappa shape index (κ2) is 6.55. The van der Waals surface area contributed by atoms with Gasteiger partial charge in [0.05, 0.1) is 12.8 Å². The molecule has 1 aromatic heterocycles. The molecule has 1 N–H and O–H groups in total. The minimum absolute atomic E-state index is 0.471. The topological polar surface area (TPSA) is 43.4 Å². The van der Waals surface area contributed by atoms with Crippen LogP contribution < -0.4 is 10.1 Å².